The van der Waals surface area contributed by atoms with E-state index in [9.17, 15) is 18.0 Å². The minimum Gasteiger partial charge on any atom is -0.480 e. The van der Waals surface area contributed by atoms with Crippen molar-refractivity contribution >= 4 is 32.0 Å². The minimum atomic E-state index is -4.36. The van der Waals surface area contributed by atoms with E-state index in [-0.39, 0.29) is 10.8 Å². The number of alkyl carbamates (subject to hydrolysis) is 1. The highest BCUT2D eigenvalue weighted by Gasteiger charge is 2.25. The highest BCUT2D eigenvalue weighted by molar-refractivity contribution is 8.69. The van der Waals surface area contributed by atoms with Crippen LogP contribution in [0.15, 0.2) is 0 Å². The fourth-order valence-electron chi connectivity index (χ4n) is 0.779. The van der Waals surface area contributed by atoms with Gasteiger partial charge in [0.2, 0.25) is 0 Å². The van der Waals surface area contributed by atoms with Crippen molar-refractivity contribution in [3.8, 4) is 0 Å². The highest BCUT2D eigenvalue weighted by Crippen LogP contribution is 2.12. The van der Waals surface area contributed by atoms with E-state index in [1.165, 1.54) is 0 Å². The van der Waals surface area contributed by atoms with Gasteiger partial charge in [-0.25, -0.2) is 9.59 Å². The first-order valence-electron chi connectivity index (χ1n) is 4.75. The van der Waals surface area contributed by atoms with E-state index < -0.39 is 38.6 Å². The first-order valence-corrected chi connectivity index (χ1v) is 7.69. The van der Waals surface area contributed by atoms with Crippen LogP contribution in [0.25, 0.3) is 0 Å². The second-order valence-electron chi connectivity index (χ2n) is 4.25. The molecule has 0 unspecified atom stereocenters. The van der Waals surface area contributed by atoms with Crippen LogP contribution in [0.1, 0.15) is 20.8 Å². The number of carboxylic acids is 1. The van der Waals surface area contributed by atoms with Gasteiger partial charge in [0, 0.05) is 5.75 Å². The third-order valence-corrected chi connectivity index (χ3v) is 3.44. The summed E-state index contributed by atoms with van der Waals surface area (Å²) in [6.45, 7) is 4.78. The Labute approximate surface area is 108 Å². The van der Waals surface area contributed by atoms with Crippen LogP contribution < -0.4 is 5.32 Å². The molecule has 0 aromatic rings. The Kier molecular flexibility index (Phi) is 5.90. The molecule has 1 atom stereocenters. The molecule has 106 valence electrons. The molecule has 0 saturated heterocycles. The van der Waals surface area contributed by atoms with Gasteiger partial charge < -0.3 is 15.2 Å². The third kappa shape index (κ3) is 9.07. The molecule has 0 saturated carbocycles. The molecule has 0 aliphatic heterocycles. The molecule has 8 nitrogen and oxygen atoms in total. The van der Waals surface area contributed by atoms with Gasteiger partial charge in [0.15, 0.2) is 0 Å². The molecular formula is C8H15NO7S2. The summed E-state index contributed by atoms with van der Waals surface area (Å²) in [4.78, 5) is 22.0. The lowest BCUT2D eigenvalue weighted by molar-refractivity contribution is -0.138. The van der Waals surface area contributed by atoms with Crippen LogP contribution in [-0.4, -0.2) is 47.5 Å². The molecule has 10 heteroatoms. The molecule has 0 radical (unpaired) electrons. The molecule has 0 aliphatic rings. The molecule has 0 fully saturated rings. The molecule has 0 spiro atoms. The monoisotopic (exact) mass is 301 g/mol. The summed E-state index contributed by atoms with van der Waals surface area (Å²) in [7, 11) is -4.36. The van der Waals surface area contributed by atoms with Gasteiger partial charge in [-0.2, -0.15) is 8.42 Å². The zero-order chi connectivity index (χ0) is 14.6. The zero-order valence-corrected chi connectivity index (χ0v) is 11.7. The Morgan fingerprint density at radius 1 is 1.39 bits per heavy atom. The van der Waals surface area contributed by atoms with Gasteiger partial charge in [0.05, 0.1) is 0 Å². The van der Waals surface area contributed by atoms with Gasteiger partial charge in [-0.3, -0.25) is 4.55 Å². The van der Waals surface area contributed by atoms with Crippen LogP contribution in [0.2, 0.25) is 0 Å². The summed E-state index contributed by atoms with van der Waals surface area (Å²) >= 11 is 0. The van der Waals surface area contributed by atoms with Gasteiger partial charge in [-0.05, 0) is 31.6 Å². The largest absolute Gasteiger partial charge is 0.480 e. The normalized spacial score (nSPS) is 13.8. The molecule has 1 amide bonds. The minimum absolute atomic E-state index is 0.00664. The number of hydrogen-bond acceptors (Lipinski definition) is 6. The fourth-order valence-corrected chi connectivity index (χ4v) is 2.24. The Bertz CT molecular complexity index is 412. The Balaban J connectivity index is 4.46. The Morgan fingerprint density at radius 2 is 1.89 bits per heavy atom. The van der Waals surface area contributed by atoms with E-state index in [4.69, 9.17) is 14.4 Å². The number of carboxylic acid groups (broad SMARTS) is 1. The summed E-state index contributed by atoms with van der Waals surface area (Å²) in [5, 5.41) is 10.7. The maximum atomic E-state index is 11.3. The first-order chi connectivity index (χ1) is 7.91. The second-order valence-corrected chi connectivity index (χ2v) is 7.64. The summed E-state index contributed by atoms with van der Waals surface area (Å²) < 4.78 is 34.2. The predicted molar refractivity (Wildman–Crippen MR) is 64.8 cm³/mol. The van der Waals surface area contributed by atoms with Crippen molar-refractivity contribution in [1.29, 1.82) is 0 Å². The number of aliphatic carboxylic acids is 1. The SMILES string of the molecule is CC(C)(C)OC(=O)N[C@@H](CSS(=O)(=O)O)C(=O)O. The lowest BCUT2D eigenvalue weighted by Gasteiger charge is -2.21. The standard InChI is InChI=1S/C8H15NO7S2/c1-8(2,3)16-7(12)9-5(6(10)11)4-17-18(13,14)15/h5H,4H2,1-3H3,(H,9,12)(H,10,11)(H,13,14,15)/t5-/m0/s1. The average molecular weight is 301 g/mol. The summed E-state index contributed by atoms with van der Waals surface area (Å²) in [5.74, 6) is -1.97. The maximum absolute atomic E-state index is 11.3. The lowest BCUT2D eigenvalue weighted by atomic mass is 10.2. The number of amides is 1. The number of ether oxygens (including phenoxy) is 1. The van der Waals surface area contributed by atoms with Gasteiger partial charge in [-0.15, -0.1) is 0 Å². The van der Waals surface area contributed by atoms with Gasteiger partial charge in [0.25, 0.3) is 0 Å². The first kappa shape index (κ1) is 17.0. The van der Waals surface area contributed by atoms with Crippen molar-refractivity contribution < 1.29 is 32.4 Å². The molecule has 0 aromatic heterocycles. The van der Waals surface area contributed by atoms with E-state index in [1.807, 2.05) is 5.32 Å². The molecular weight excluding hydrogens is 286 g/mol. The van der Waals surface area contributed by atoms with Crippen LogP contribution in [-0.2, 0) is 18.7 Å². The number of rotatable bonds is 5. The number of nitrogens with one attached hydrogen (secondary N) is 1. The summed E-state index contributed by atoms with van der Waals surface area (Å²) in [6, 6.07) is -1.48. The second kappa shape index (κ2) is 6.25. The zero-order valence-electron chi connectivity index (χ0n) is 10.0. The Morgan fingerprint density at radius 3 is 2.22 bits per heavy atom. The number of hydrogen-bond donors (Lipinski definition) is 3. The lowest BCUT2D eigenvalue weighted by Crippen LogP contribution is -2.45. The van der Waals surface area contributed by atoms with Gasteiger partial charge in [-0.1, -0.05) is 0 Å². The molecule has 0 rings (SSSR count). The van der Waals surface area contributed by atoms with E-state index in [0.29, 0.717) is 0 Å². The van der Waals surface area contributed by atoms with E-state index in [0.717, 1.165) is 0 Å². The Hall–Kier alpha value is -1.00. The maximum Gasteiger partial charge on any atom is 0.408 e. The molecule has 0 bridgehead atoms. The quantitative estimate of drug-likeness (QED) is 0.494. The van der Waals surface area contributed by atoms with Crippen molar-refractivity contribution in [2.45, 2.75) is 32.4 Å². The van der Waals surface area contributed by atoms with Crippen LogP contribution in [0.4, 0.5) is 4.79 Å². The van der Waals surface area contributed by atoms with Crippen molar-refractivity contribution in [2.75, 3.05) is 5.75 Å². The summed E-state index contributed by atoms with van der Waals surface area (Å²) in [5.41, 5.74) is -0.802. The molecule has 0 heterocycles. The van der Waals surface area contributed by atoms with Crippen molar-refractivity contribution in [2.24, 2.45) is 0 Å². The number of carbonyl (C=O) groups excluding carboxylic acids is 1. The smallest absolute Gasteiger partial charge is 0.408 e. The fraction of sp³-hybridized carbons (Fsp3) is 0.750. The van der Waals surface area contributed by atoms with Crippen molar-refractivity contribution in [1.82, 2.24) is 5.32 Å². The number of carbonyl (C=O) groups is 2. The van der Waals surface area contributed by atoms with Gasteiger partial charge >= 0.3 is 21.2 Å². The average Bonchev–Trinajstić information content (AvgIpc) is 2.06. The molecule has 3 N–H and O–H groups in total. The predicted octanol–water partition coefficient (Wildman–Crippen LogP) is 0.500. The summed E-state index contributed by atoms with van der Waals surface area (Å²) in [6.07, 6.45) is -0.981. The topological polar surface area (TPSA) is 130 Å². The van der Waals surface area contributed by atoms with Gasteiger partial charge in [0.1, 0.15) is 11.6 Å². The van der Waals surface area contributed by atoms with Crippen molar-refractivity contribution in [3.05, 3.63) is 0 Å². The molecule has 0 aliphatic carbocycles. The van der Waals surface area contributed by atoms with E-state index >= 15 is 0 Å². The van der Waals surface area contributed by atoms with Crippen molar-refractivity contribution in [3.63, 3.8) is 0 Å². The van der Waals surface area contributed by atoms with E-state index in [2.05, 4.69) is 0 Å². The third-order valence-electron chi connectivity index (χ3n) is 1.37. The molecule has 0 aromatic carbocycles. The molecule has 18 heavy (non-hydrogen) atoms. The van der Waals surface area contributed by atoms with Crippen LogP contribution in [0.3, 0.4) is 0 Å². The highest BCUT2D eigenvalue weighted by atomic mass is 33.1. The van der Waals surface area contributed by atoms with Crippen LogP contribution in [0, 0.1) is 0 Å². The van der Waals surface area contributed by atoms with E-state index in [1.54, 1.807) is 20.8 Å². The van der Waals surface area contributed by atoms with Crippen LogP contribution >= 0.6 is 10.8 Å². The van der Waals surface area contributed by atoms with Crippen LogP contribution in [0.5, 0.6) is 0 Å².